The van der Waals surface area contributed by atoms with Gasteiger partial charge in [-0.3, -0.25) is 0 Å². The van der Waals surface area contributed by atoms with E-state index < -0.39 is 11.7 Å². The lowest BCUT2D eigenvalue weighted by Crippen LogP contribution is -2.07. The first kappa shape index (κ1) is 17.6. The van der Waals surface area contributed by atoms with Gasteiger partial charge in [-0.15, -0.1) is 0 Å². The van der Waals surface area contributed by atoms with Gasteiger partial charge in [-0.1, -0.05) is 66.2 Å². The van der Waals surface area contributed by atoms with Crippen LogP contribution in [-0.2, 0) is 6.18 Å². The van der Waals surface area contributed by atoms with Crippen molar-refractivity contribution in [3.05, 3.63) is 101 Å². The lowest BCUT2D eigenvalue weighted by atomic mass is 9.86. The van der Waals surface area contributed by atoms with Crippen LogP contribution >= 0.6 is 0 Å². The number of rotatable bonds is 2. The second-order valence-electron chi connectivity index (χ2n) is 6.78. The summed E-state index contributed by atoms with van der Waals surface area (Å²) < 4.78 is 41.1. The van der Waals surface area contributed by atoms with E-state index in [0.717, 1.165) is 22.3 Å². The van der Waals surface area contributed by atoms with Crippen LogP contribution in [0.25, 0.3) is 21.9 Å². The van der Waals surface area contributed by atoms with E-state index in [2.05, 4.69) is 0 Å². The van der Waals surface area contributed by atoms with E-state index in [0.29, 0.717) is 17.4 Å². The van der Waals surface area contributed by atoms with Crippen LogP contribution in [0.4, 0.5) is 13.2 Å². The van der Waals surface area contributed by atoms with Crippen LogP contribution < -0.4 is 0 Å². The van der Waals surface area contributed by atoms with Gasteiger partial charge in [0.1, 0.15) is 0 Å². The molecule has 0 amide bonds. The van der Waals surface area contributed by atoms with E-state index in [9.17, 15) is 13.2 Å². The largest absolute Gasteiger partial charge is 0.417 e. The molecule has 27 heavy (non-hydrogen) atoms. The number of alkyl halides is 3. The molecule has 0 saturated carbocycles. The minimum Gasteiger partial charge on any atom is -0.166 e. The van der Waals surface area contributed by atoms with Crippen LogP contribution in [0, 0.1) is 13.3 Å². The van der Waals surface area contributed by atoms with Crippen molar-refractivity contribution >= 4 is 21.9 Å². The highest BCUT2D eigenvalue weighted by Crippen LogP contribution is 2.40. The molecule has 0 heterocycles. The summed E-state index contributed by atoms with van der Waals surface area (Å²) in [7, 11) is 0. The lowest BCUT2D eigenvalue weighted by Gasteiger charge is -2.19. The predicted octanol–water partition coefficient (Wildman–Crippen LogP) is 7.24. The third-order valence-corrected chi connectivity index (χ3v) is 4.87. The molecule has 0 fully saturated rings. The van der Waals surface area contributed by atoms with Crippen molar-refractivity contribution in [2.24, 2.45) is 0 Å². The SMILES string of the molecule is Cc1ccc(C2=C(c3cc(C(F)(F)F)c4ccccc4c3)[CH]CC=C2)cc1. The molecule has 1 aliphatic rings. The highest BCUT2D eigenvalue weighted by molar-refractivity contribution is 6.02. The average molecular weight is 363 g/mol. The van der Waals surface area contributed by atoms with Crippen molar-refractivity contribution in [2.75, 3.05) is 0 Å². The van der Waals surface area contributed by atoms with Crippen LogP contribution in [0.1, 0.15) is 28.7 Å². The topological polar surface area (TPSA) is 0 Å². The molecule has 0 aliphatic heterocycles. The molecule has 1 aliphatic carbocycles. The maximum absolute atomic E-state index is 13.7. The molecule has 0 unspecified atom stereocenters. The smallest absolute Gasteiger partial charge is 0.166 e. The molecular formula is C24H18F3. The third-order valence-electron chi connectivity index (χ3n) is 4.87. The van der Waals surface area contributed by atoms with Gasteiger partial charge in [-0.2, -0.15) is 13.2 Å². The van der Waals surface area contributed by atoms with E-state index in [4.69, 9.17) is 0 Å². The quantitative estimate of drug-likeness (QED) is 0.450. The van der Waals surface area contributed by atoms with E-state index in [-0.39, 0.29) is 5.39 Å². The van der Waals surface area contributed by atoms with E-state index in [1.807, 2.05) is 55.8 Å². The molecule has 3 heteroatoms. The summed E-state index contributed by atoms with van der Waals surface area (Å²) in [4.78, 5) is 0. The van der Waals surface area contributed by atoms with Crippen molar-refractivity contribution < 1.29 is 13.2 Å². The monoisotopic (exact) mass is 363 g/mol. The van der Waals surface area contributed by atoms with Gasteiger partial charge < -0.3 is 0 Å². The number of hydrogen-bond donors (Lipinski definition) is 0. The lowest BCUT2D eigenvalue weighted by molar-refractivity contribution is -0.136. The van der Waals surface area contributed by atoms with Crippen molar-refractivity contribution in [2.45, 2.75) is 19.5 Å². The Kier molecular flexibility index (Phi) is 4.39. The molecule has 0 spiro atoms. The van der Waals surface area contributed by atoms with E-state index >= 15 is 0 Å². The highest BCUT2D eigenvalue weighted by atomic mass is 19.4. The average Bonchev–Trinajstić information content (AvgIpc) is 2.67. The van der Waals surface area contributed by atoms with Crippen LogP contribution in [0.3, 0.4) is 0 Å². The van der Waals surface area contributed by atoms with Gasteiger partial charge in [0, 0.05) is 0 Å². The summed E-state index contributed by atoms with van der Waals surface area (Å²) in [5.41, 5.74) is 3.96. The minimum atomic E-state index is -4.40. The number of hydrogen-bond acceptors (Lipinski definition) is 0. The van der Waals surface area contributed by atoms with Gasteiger partial charge in [0.05, 0.1) is 5.56 Å². The van der Waals surface area contributed by atoms with Gasteiger partial charge in [-0.25, -0.2) is 0 Å². The first-order valence-corrected chi connectivity index (χ1v) is 8.85. The Morgan fingerprint density at radius 2 is 1.56 bits per heavy atom. The first-order chi connectivity index (χ1) is 12.9. The Morgan fingerprint density at radius 1 is 0.815 bits per heavy atom. The van der Waals surface area contributed by atoms with Crippen LogP contribution in [0.5, 0.6) is 0 Å². The zero-order valence-corrected chi connectivity index (χ0v) is 14.8. The number of halogens is 3. The highest BCUT2D eigenvalue weighted by Gasteiger charge is 2.33. The predicted molar refractivity (Wildman–Crippen MR) is 105 cm³/mol. The van der Waals surface area contributed by atoms with Gasteiger partial charge in [0.15, 0.2) is 0 Å². The van der Waals surface area contributed by atoms with Crippen LogP contribution in [0.15, 0.2) is 72.8 Å². The molecule has 0 bridgehead atoms. The molecule has 1 radical (unpaired) electrons. The Labute approximate surface area is 156 Å². The fourth-order valence-electron chi connectivity index (χ4n) is 3.53. The zero-order valence-electron chi connectivity index (χ0n) is 14.8. The normalized spacial score (nSPS) is 14.8. The maximum atomic E-state index is 13.7. The zero-order chi connectivity index (χ0) is 19.0. The minimum absolute atomic E-state index is 0.234. The summed E-state index contributed by atoms with van der Waals surface area (Å²) in [5.74, 6) is 0. The molecule has 135 valence electrons. The molecule has 3 aromatic rings. The second-order valence-corrected chi connectivity index (χ2v) is 6.78. The standard InChI is InChI=1S/C24H18F3/c1-16-10-12-17(13-11-16)20-7-4-5-8-21(20)19-14-18-6-2-3-9-22(18)23(15-19)24(25,26)27/h2-4,6-15H,5H2,1H3. The summed E-state index contributed by atoms with van der Waals surface area (Å²) in [5, 5.41) is 0.832. The summed E-state index contributed by atoms with van der Waals surface area (Å²) in [6.07, 6.45) is 2.34. The Hall–Kier alpha value is -2.81. The van der Waals surface area contributed by atoms with E-state index in [1.54, 1.807) is 18.2 Å². The van der Waals surface area contributed by atoms with Crippen molar-refractivity contribution in [1.82, 2.24) is 0 Å². The fourth-order valence-corrected chi connectivity index (χ4v) is 3.53. The van der Waals surface area contributed by atoms with Crippen molar-refractivity contribution in [3.63, 3.8) is 0 Å². The Morgan fingerprint density at radius 3 is 2.30 bits per heavy atom. The third kappa shape index (κ3) is 3.42. The van der Waals surface area contributed by atoms with Gasteiger partial charge in [0.2, 0.25) is 0 Å². The van der Waals surface area contributed by atoms with Gasteiger partial charge in [-0.05, 0) is 64.9 Å². The molecule has 0 saturated heterocycles. The molecular weight excluding hydrogens is 345 g/mol. The molecule has 0 nitrogen and oxygen atoms in total. The molecule has 4 rings (SSSR count). The number of allylic oxidation sites excluding steroid dienone is 4. The Balaban J connectivity index is 1.96. The maximum Gasteiger partial charge on any atom is 0.417 e. The number of aryl methyl sites for hydroxylation is 1. The fraction of sp³-hybridized carbons (Fsp3) is 0.125. The molecule has 0 atom stereocenters. The number of fused-ring (bicyclic) bond motifs is 1. The number of benzene rings is 3. The summed E-state index contributed by atoms with van der Waals surface area (Å²) in [6, 6.07) is 17.9. The molecule has 0 aromatic heterocycles. The molecule has 3 aromatic carbocycles. The Bertz CT molecular complexity index is 1050. The first-order valence-electron chi connectivity index (χ1n) is 8.85. The van der Waals surface area contributed by atoms with Crippen molar-refractivity contribution in [1.29, 1.82) is 0 Å². The van der Waals surface area contributed by atoms with E-state index in [1.165, 1.54) is 12.1 Å². The van der Waals surface area contributed by atoms with Crippen LogP contribution in [-0.4, -0.2) is 0 Å². The van der Waals surface area contributed by atoms with Gasteiger partial charge >= 0.3 is 6.18 Å². The molecule has 0 N–H and O–H groups in total. The second kappa shape index (κ2) is 6.73. The van der Waals surface area contributed by atoms with Crippen molar-refractivity contribution in [3.8, 4) is 0 Å². The summed E-state index contributed by atoms with van der Waals surface area (Å²) in [6.45, 7) is 2.01. The van der Waals surface area contributed by atoms with Gasteiger partial charge in [0.25, 0.3) is 0 Å². The summed E-state index contributed by atoms with van der Waals surface area (Å²) >= 11 is 0. The van der Waals surface area contributed by atoms with Crippen LogP contribution in [0.2, 0.25) is 0 Å².